The van der Waals surface area contributed by atoms with Crippen molar-refractivity contribution in [3.63, 3.8) is 0 Å². The molecule has 73 heavy (non-hydrogen) atoms. The molecule has 4 saturated carbocycles. The summed E-state index contributed by atoms with van der Waals surface area (Å²) in [6, 6.07) is 78.6. The SMILES string of the molecule is Cc1cc(C)c(B(c2ccc3sc4ccc(-c5ccc(C67CC8CC9CC(c%10ccc([Si](c%11ccccc%11)(c%11ccccc%11)c%11ccccc%11)cc%10)(C6)CC987)cc5)cc4c3c2)c2c(C)cc(C)cc2C)c(C)c1. The van der Waals surface area contributed by atoms with Crippen LogP contribution in [0.1, 0.15) is 76.6 Å². The van der Waals surface area contributed by atoms with Crippen LogP contribution in [0.2, 0.25) is 0 Å². The first-order valence-corrected chi connectivity index (χ1v) is 29.8. The Morgan fingerprint density at radius 1 is 0.438 bits per heavy atom. The lowest BCUT2D eigenvalue weighted by atomic mass is 9.30. The molecule has 0 N–H and O–H groups in total. The number of thiophene rings is 1. The molecule has 0 nitrogen and oxygen atoms in total. The van der Waals surface area contributed by atoms with E-state index < -0.39 is 8.07 Å². The van der Waals surface area contributed by atoms with Crippen LogP contribution in [-0.2, 0) is 10.8 Å². The van der Waals surface area contributed by atoms with Crippen molar-refractivity contribution in [1.29, 1.82) is 0 Å². The second kappa shape index (κ2) is 16.5. The monoisotopic (exact) mass is 974 g/mol. The van der Waals surface area contributed by atoms with E-state index in [1.807, 2.05) is 11.3 Å². The number of rotatable bonds is 10. The maximum atomic E-state index is 2.59. The van der Waals surface area contributed by atoms with Gasteiger partial charge >= 0.3 is 0 Å². The summed E-state index contributed by atoms with van der Waals surface area (Å²) in [5.74, 6) is 1.72. The van der Waals surface area contributed by atoms with Gasteiger partial charge in [-0.15, -0.1) is 11.3 Å². The largest absolute Gasteiger partial charge is 0.242 e. The Hall–Kier alpha value is -6.52. The molecule has 3 heteroatoms. The van der Waals surface area contributed by atoms with E-state index in [-0.39, 0.29) is 17.5 Å². The number of aryl methyl sites for hydroxylation is 6. The Kier molecular flexibility index (Phi) is 10.2. The van der Waals surface area contributed by atoms with E-state index in [1.165, 1.54) is 134 Å². The van der Waals surface area contributed by atoms with Crippen LogP contribution in [0.15, 0.2) is 200 Å². The molecular formula is C70H63BSSi. The summed E-state index contributed by atoms with van der Waals surface area (Å²) >= 11 is 1.93. The molecule has 0 aliphatic heterocycles. The summed E-state index contributed by atoms with van der Waals surface area (Å²) in [4.78, 5) is 0. The molecule has 14 rings (SSSR count). The second-order valence-electron chi connectivity index (χ2n) is 23.4. The molecule has 5 atom stereocenters. The molecule has 1 aromatic heterocycles. The average molecular weight is 975 g/mol. The van der Waals surface area contributed by atoms with E-state index in [0.717, 1.165) is 11.8 Å². The highest BCUT2D eigenvalue weighted by Crippen LogP contribution is 2.89. The van der Waals surface area contributed by atoms with Crippen molar-refractivity contribution < 1.29 is 0 Å². The Morgan fingerprint density at radius 3 is 1.44 bits per heavy atom. The van der Waals surface area contributed by atoms with Crippen LogP contribution in [0.3, 0.4) is 0 Å². The zero-order valence-electron chi connectivity index (χ0n) is 43.2. The van der Waals surface area contributed by atoms with Crippen LogP contribution in [-0.4, -0.2) is 14.8 Å². The lowest BCUT2D eigenvalue weighted by Gasteiger charge is -2.73. The van der Waals surface area contributed by atoms with E-state index in [0.29, 0.717) is 5.41 Å². The molecule has 0 radical (unpaired) electrons. The number of hydrogen-bond donors (Lipinski definition) is 0. The van der Waals surface area contributed by atoms with Gasteiger partial charge in [-0.2, -0.15) is 0 Å². The summed E-state index contributed by atoms with van der Waals surface area (Å²) in [6.07, 6.45) is 6.77. The predicted octanol–water partition coefficient (Wildman–Crippen LogP) is 12.9. The van der Waals surface area contributed by atoms with Crippen molar-refractivity contribution in [1.82, 2.24) is 0 Å². The first kappa shape index (κ1) is 45.1. The fourth-order valence-corrected chi connectivity index (χ4v) is 22.9. The minimum absolute atomic E-state index is 0.154. The molecule has 1 spiro atoms. The summed E-state index contributed by atoms with van der Waals surface area (Å²) in [5, 5.41) is 8.52. The molecule has 356 valence electrons. The maximum absolute atomic E-state index is 2.59. The Bertz CT molecular complexity index is 3600. The highest BCUT2D eigenvalue weighted by atomic mass is 32.1. The van der Waals surface area contributed by atoms with Crippen molar-refractivity contribution in [2.75, 3.05) is 0 Å². The van der Waals surface area contributed by atoms with Crippen molar-refractivity contribution in [2.45, 2.75) is 84.5 Å². The third-order valence-corrected chi connectivity index (χ3v) is 25.6. The van der Waals surface area contributed by atoms with Gasteiger partial charge in [-0.25, -0.2) is 0 Å². The zero-order chi connectivity index (χ0) is 49.4. The summed E-state index contributed by atoms with van der Waals surface area (Å²) < 4.78 is 2.72. The van der Waals surface area contributed by atoms with Crippen molar-refractivity contribution in [2.24, 2.45) is 17.3 Å². The molecule has 4 fully saturated rings. The zero-order valence-corrected chi connectivity index (χ0v) is 45.0. The maximum Gasteiger partial charge on any atom is 0.242 e. The molecule has 4 aliphatic carbocycles. The van der Waals surface area contributed by atoms with Gasteiger partial charge in [-0.05, 0) is 163 Å². The van der Waals surface area contributed by atoms with Crippen LogP contribution < -0.4 is 37.1 Å². The average Bonchev–Trinajstić information content (AvgIpc) is 4.13. The van der Waals surface area contributed by atoms with E-state index in [2.05, 4.69) is 242 Å². The molecule has 5 unspecified atom stereocenters. The number of fused-ring (bicyclic) bond motifs is 4. The topological polar surface area (TPSA) is 0 Å². The van der Waals surface area contributed by atoms with E-state index >= 15 is 0 Å². The van der Waals surface area contributed by atoms with Crippen molar-refractivity contribution >= 4 is 83.4 Å². The van der Waals surface area contributed by atoms with Gasteiger partial charge in [0.25, 0.3) is 0 Å². The van der Waals surface area contributed by atoms with Gasteiger partial charge in [0.2, 0.25) is 6.71 Å². The summed E-state index contributed by atoms with van der Waals surface area (Å²) in [6.45, 7) is 13.9. The van der Waals surface area contributed by atoms with E-state index in [1.54, 1.807) is 11.1 Å². The van der Waals surface area contributed by atoms with Gasteiger partial charge in [0.1, 0.15) is 0 Å². The molecule has 2 bridgehead atoms. The second-order valence-corrected chi connectivity index (χ2v) is 28.3. The van der Waals surface area contributed by atoms with Crippen LogP contribution in [0.5, 0.6) is 0 Å². The van der Waals surface area contributed by atoms with Gasteiger partial charge in [0.05, 0.1) is 0 Å². The molecule has 4 aliphatic rings. The van der Waals surface area contributed by atoms with Gasteiger partial charge < -0.3 is 0 Å². The van der Waals surface area contributed by atoms with Gasteiger partial charge in [0, 0.05) is 20.2 Å². The van der Waals surface area contributed by atoms with Crippen LogP contribution in [0.25, 0.3) is 31.3 Å². The van der Waals surface area contributed by atoms with Gasteiger partial charge in [-0.1, -0.05) is 232 Å². The lowest BCUT2D eigenvalue weighted by Crippen LogP contribution is -2.74. The fourth-order valence-electron chi connectivity index (χ4n) is 17.1. The summed E-state index contributed by atoms with van der Waals surface area (Å²) in [7, 11) is -2.58. The van der Waals surface area contributed by atoms with Crippen molar-refractivity contribution in [3.05, 3.63) is 245 Å². The first-order valence-electron chi connectivity index (χ1n) is 27.0. The third-order valence-electron chi connectivity index (χ3n) is 19.6. The standard InChI is InChI=1S/C70H63BSSi/c1-45-34-47(3)66(48(4)35-45)71(67-49(5)36-46(2)37-50(67)6)57-29-33-65-63(40-57)62-38-52(24-32-64(62)72-65)51-22-25-54(26-23-51)69-42-56-39-55-41-68(43-69,44-70(55,56)69)53-27-30-61(31-28-53)73(58-16-10-7-11-17-58,59-18-12-8-13-19-59)60-20-14-9-15-21-60/h7-38,40,55-56H,39,41-44H2,1-6H3. The smallest absolute Gasteiger partial charge is 0.135 e. The molecule has 0 saturated heterocycles. The van der Waals surface area contributed by atoms with Crippen LogP contribution in [0, 0.1) is 58.8 Å². The lowest BCUT2D eigenvalue weighted by molar-refractivity contribution is -0.199. The molecule has 10 aromatic rings. The molecule has 1 heterocycles. The van der Waals surface area contributed by atoms with Crippen molar-refractivity contribution in [3.8, 4) is 11.1 Å². The molecular weight excluding hydrogens is 912 g/mol. The van der Waals surface area contributed by atoms with Crippen LogP contribution >= 0.6 is 11.3 Å². The quantitative estimate of drug-likeness (QED) is 0.0946. The van der Waals surface area contributed by atoms with E-state index in [4.69, 9.17) is 0 Å². The highest BCUT2D eigenvalue weighted by Gasteiger charge is 2.84. The Morgan fingerprint density at radius 2 is 0.904 bits per heavy atom. The Labute approximate surface area is 438 Å². The molecule has 0 amide bonds. The first-order chi connectivity index (χ1) is 35.5. The Balaban J connectivity index is 0.805. The number of hydrogen-bond acceptors (Lipinski definition) is 1. The minimum Gasteiger partial charge on any atom is -0.135 e. The summed E-state index contributed by atoms with van der Waals surface area (Å²) in [5.41, 5.74) is 19.2. The fraction of sp³-hybridized carbons (Fsp3) is 0.229. The number of benzene rings is 9. The van der Waals surface area contributed by atoms with Gasteiger partial charge in [-0.3, -0.25) is 0 Å². The normalized spacial score (nSPS) is 22.5. The predicted molar refractivity (Wildman–Crippen MR) is 317 cm³/mol. The van der Waals surface area contributed by atoms with E-state index in [9.17, 15) is 0 Å². The van der Waals surface area contributed by atoms with Gasteiger partial charge in [0.15, 0.2) is 8.07 Å². The third kappa shape index (κ3) is 6.44. The van der Waals surface area contributed by atoms with Crippen LogP contribution in [0.4, 0.5) is 0 Å². The highest BCUT2D eigenvalue weighted by molar-refractivity contribution is 7.26. The molecule has 9 aromatic carbocycles. The minimum atomic E-state index is -2.58.